The van der Waals surface area contributed by atoms with Gasteiger partial charge in [0.05, 0.1) is 10.6 Å². The van der Waals surface area contributed by atoms with Crippen LogP contribution < -0.4 is 0 Å². The van der Waals surface area contributed by atoms with Crippen LogP contribution in [0.1, 0.15) is 30.6 Å². The van der Waals surface area contributed by atoms with Crippen LogP contribution in [0.5, 0.6) is 0 Å². The largest absolute Gasteiger partial charge is 0.334 e. The fourth-order valence-corrected chi connectivity index (χ4v) is 2.29. The smallest absolute Gasteiger partial charge is 0.255 e. The maximum absolute atomic E-state index is 12.4. The van der Waals surface area contributed by atoms with Gasteiger partial charge in [0.25, 0.3) is 5.91 Å². The molecular formula is C16H19Cl2NO. The summed E-state index contributed by atoms with van der Waals surface area (Å²) in [5, 5.41) is 0.943. The van der Waals surface area contributed by atoms with Crippen molar-refractivity contribution in [2.45, 2.75) is 20.3 Å². The molecule has 108 valence electrons. The van der Waals surface area contributed by atoms with Gasteiger partial charge in [0.1, 0.15) is 0 Å². The molecule has 2 nitrogen and oxygen atoms in total. The number of hydrogen-bond acceptors (Lipinski definition) is 1. The van der Waals surface area contributed by atoms with Gasteiger partial charge in [0.15, 0.2) is 0 Å². The summed E-state index contributed by atoms with van der Waals surface area (Å²) in [5.41, 5.74) is 1.52. The summed E-state index contributed by atoms with van der Waals surface area (Å²) in [7, 11) is 0. The molecule has 4 heteroatoms. The lowest BCUT2D eigenvalue weighted by Crippen LogP contribution is -2.35. The highest BCUT2D eigenvalue weighted by Crippen LogP contribution is 2.23. The molecule has 0 radical (unpaired) electrons. The Labute approximate surface area is 130 Å². The van der Waals surface area contributed by atoms with Crippen LogP contribution in [0.3, 0.4) is 0 Å². The van der Waals surface area contributed by atoms with Gasteiger partial charge in [-0.15, -0.1) is 0 Å². The first-order valence-corrected chi connectivity index (χ1v) is 7.43. The Morgan fingerprint density at radius 3 is 2.70 bits per heavy atom. The molecule has 1 aliphatic rings. The molecule has 1 heterocycles. The summed E-state index contributed by atoms with van der Waals surface area (Å²) in [6.07, 6.45) is 4.71. The predicted octanol–water partition coefficient (Wildman–Crippen LogP) is 4.98. The number of halogens is 2. The van der Waals surface area contributed by atoms with Gasteiger partial charge in [-0.05, 0) is 30.2 Å². The van der Waals surface area contributed by atoms with Crippen molar-refractivity contribution in [2.75, 3.05) is 13.1 Å². The van der Waals surface area contributed by atoms with Gasteiger partial charge >= 0.3 is 0 Å². The summed E-state index contributed by atoms with van der Waals surface area (Å²) in [6.45, 7) is 9.00. The SMILES string of the molecule is C=CC1=CCCN(C(=O)c2cc(Cl)ccc2Cl)C1.CC. The summed E-state index contributed by atoms with van der Waals surface area (Å²) < 4.78 is 0. The van der Waals surface area contributed by atoms with Crippen LogP contribution in [0.4, 0.5) is 0 Å². The minimum absolute atomic E-state index is 0.0880. The average molecular weight is 312 g/mol. The van der Waals surface area contributed by atoms with Crippen molar-refractivity contribution in [2.24, 2.45) is 0 Å². The first kappa shape index (κ1) is 16.8. The van der Waals surface area contributed by atoms with Gasteiger partial charge in [0, 0.05) is 18.1 Å². The Balaban J connectivity index is 0.000000956. The van der Waals surface area contributed by atoms with Crippen LogP contribution in [0.25, 0.3) is 0 Å². The molecule has 1 aromatic carbocycles. The third-order valence-electron chi connectivity index (χ3n) is 2.89. The second-order valence-corrected chi connectivity index (χ2v) is 4.97. The zero-order valence-corrected chi connectivity index (χ0v) is 13.3. The predicted molar refractivity (Wildman–Crippen MR) is 86.6 cm³/mol. The Hall–Kier alpha value is -1.25. The minimum atomic E-state index is -0.0880. The zero-order chi connectivity index (χ0) is 15.1. The second kappa shape index (κ2) is 8.13. The van der Waals surface area contributed by atoms with Crippen molar-refractivity contribution in [1.82, 2.24) is 4.90 Å². The van der Waals surface area contributed by atoms with E-state index in [2.05, 4.69) is 12.7 Å². The second-order valence-electron chi connectivity index (χ2n) is 4.12. The van der Waals surface area contributed by atoms with Crippen LogP contribution >= 0.6 is 23.2 Å². The normalized spacial score (nSPS) is 14.0. The van der Waals surface area contributed by atoms with Gasteiger partial charge in [-0.1, -0.05) is 55.8 Å². The van der Waals surface area contributed by atoms with Crippen LogP contribution in [-0.4, -0.2) is 23.9 Å². The van der Waals surface area contributed by atoms with Gasteiger partial charge in [-0.2, -0.15) is 0 Å². The van der Waals surface area contributed by atoms with Crippen molar-refractivity contribution in [3.05, 3.63) is 58.1 Å². The van der Waals surface area contributed by atoms with E-state index in [1.165, 1.54) is 0 Å². The number of carbonyl (C=O) groups is 1. The molecule has 1 amide bonds. The van der Waals surface area contributed by atoms with Crippen LogP contribution in [0.15, 0.2) is 42.5 Å². The zero-order valence-electron chi connectivity index (χ0n) is 11.8. The van der Waals surface area contributed by atoms with Crippen molar-refractivity contribution in [3.8, 4) is 0 Å². The maximum atomic E-state index is 12.4. The molecule has 1 aliphatic heterocycles. The van der Waals surface area contributed by atoms with E-state index < -0.39 is 0 Å². The molecule has 1 aromatic rings. The van der Waals surface area contributed by atoms with Gasteiger partial charge < -0.3 is 4.90 Å². The molecular weight excluding hydrogens is 293 g/mol. The van der Waals surface area contributed by atoms with Crippen molar-refractivity contribution < 1.29 is 4.79 Å². The topological polar surface area (TPSA) is 20.3 Å². The first-order chi connectivity index (χ1) is 9.61. The molecule has 0 bridgehead atoms. The Kier molecular flexibility index (Phi) is 6.83. The van der Waals surface area contributed by atoms with Crippen LogP contribution in [-0.2, 0) is 0 Å². The van der Waals surface area contributed by atoms with Crippen LogP contribution in [0, 0.1) is 0 Å². The molecule has 0 atom stereocenters. The fourth-order valence-electron chi connectivity index (χ4n) is 1.92. The van der Waals surface area contributed by atoms with Gasteiger partial charge in [0.2, 0.25) is 0 Å². The number of carbonyl (C=O) groups excluding carboxylic acids is 1. The summed E-state index contributed by atoms with van der Waals surface area (Å²) >= 11 is 11.9. The highest BCUT2D eigenvalue weighted by atomic mass is 35.5. The van der Waals surface area contributed by atoms with Gasteiger partial charge in [-0.3, -0.25) is 4.79 Å². The van der Waals surface area contributed by atoms with Crippen molar-refractivity contribution in [3.63, 3.8) is 0 Å². The molecule has 2 rings (SSSR count). The van der Waals surface area contributed by atoms with Gasteiger partial charge in [-0.25, -0.2) is 0 Å². The number of amides is 1. The van der Waals surface area contributed by atoms with E-state index in [0.29, 0.717) is 28.7 Å². The Morgan fingerprint density at radius 2 is 2.05 bits per heavy atom. The monoisotopic (exact) mass is 311 g/mol. The quantitative estimate of drug-likeness (QED) is 0.754. The Morgan fingerprint density at radius 1 is 1.35 bits per heavy atom. The fraction of sp³-hybridized carbons (Fsp3) is 0.312. The van der Waals surface area contributed by atoms with E-state index in [4.69, 9.17) is 23.2 Å². The number of nitrogens with zero attached hydrogens (tertiary/aromatic N) is 1. The molecule has 0 saturated carbocycles. The maximum Gasteiger partial charge on any atom is 0.255 e. The number of benzene rings is 1. The lowest BCUT2D eigenvalue weighted by Gasteiger charge is -2.26. The van der Waals surface area contributed by atoms with E-state index in [1.807, 2.05) is 13.8 Å². The highest BCUT2D eigenvalue weighted by Gasteiger charge is 2.20. The van der Waals surface area contributed by atoms with Crippen LogP contribution in [0.2, 0.25) is 10.0 Å². The molecule has 0 fully saturated rings. The third kappa shape index (κ3) is 4.12. The van der Waals surface area contributed by atoms with Crippen molar-refractivity contribution in [1.29, 1.82) is 0 Å². The molecule has 0 aliphatic carbocycles. The molecule has 0 saturated heterocycles. The molecule has 0 N–H and O–H groups in total. The van der Waals surface area contributed by atoms with E-state index in [-0.39, 0.29) is 5.91 Å². The average Bonchev–Trinajstić information content (AvgIpc) is 2.51. The van der Waals surface area contributed by atoms with E-state index >= 15 is 0 Å². The molecule has 0 spiro atoms. The summed E-state index contributed by atoms with van der Waals surface area (Å²) in [4.78, 5) is 14.1. The summed E-state index contributed by atoms with van der Waals surface area (Å²) in [6, 6.07) is 4.93. The summed E-state index contributed by atoms with van der Waals surface area (Å²) in [5.74, 6) is -0.0880. The molecule has 0 unspecified atom stereocenters. The number of rotatable bonds is 2. The standard InChI is InChI=1S/C14H13Cl2NO.C2H6/c1-2-10-4-3-7-17(9-10)14(18)12-8-11(15)5-6-13(12)16;1-2/h2,4-6,8H,1,3,7,9H2;1-2H3. The highest BCUT2D eigenvalue weighted by molar-refractivity contribution is 6.35. The van der Waals surface area contributed by atoms with E-state index in [0.717, 1.165) is 12.0 Å². The molecule has 20 heavy (non-hydrogen) atoms. The molecule has 0 aromatic heterocycles. The lowest BCUT2D eigenvalue weighted by atomic mass is 10.1. The van der Waals surface area contributed by atoms with E-state index in [9.17, 15) is 4.79 Å². The van der Waals surface area contributed by atoms with Crippen molar-refractivity contribution >= 4 is 29.1 Å². The minimum Gasteiger partial charge on any atom is -0.334 e. The Bertz CT molecular complexity index is 523. The lowest BCUT2D eigenvalue weighted by molar-refractivity contribution is 0.0767. The number of hydrogen-bond donors (Lipinski definition) is 0. The first-order valence-electron chi connectivity index (χ1n) is 6.67. The third-order valence-corrected chi connectivity index (χ3v) is 3.45. The van der Waals surface area contributed by atoms with E-state index in [1.54, 1.807) is 29.2 Å².